The van der Waals surface area contributed by atoms with E-state index in [1.165, 1.54) is 6.42 Å². The van der Waals surface area contributed by atoms with Crippen molar-refractivity contribution in [1.29, 1.82) is 0 Å². The molecule has 4 heteroatoms. The van der Waals surface area contributed by atoms with E-state index in [-0.39, 0.29) is 11.9 Å². The number of hydrogen-bond acceptors (Lipinski definition) is 3. The van der Waals surface area contributed by atoms with Crippen LogP contribution in [0.3, 0.4) is 0 Å². The van der Waals surface area contributed by atoms with Gasteiger partial charge in [-0.2, -0.15) is 0 Å². The van der Waals surface area contributed by atoms with Gasteiger partial charge in [0.05, 0.1) is 6.04 Å². The van der Waals surface area contributed by atoms with E-state index in [1.807, 2.05) is 37.3 Å². The molecule has 110 valence electrons. The molecule has 1 aromatic carbocycles. The summed E-state index contributed by atoms with van der Waals surface area (Å²) in [5, 5.41) is 2.98. The van der Waals surface area contributed by atoms with E-state index in [0.717, 1.165) is 18.5 Å². The number of nitrogens with zero attached hydrogens (tertiary/aromatic N) is 1. The predicted molar refractivity (Wildman–Crippen MR) is 82.5 cm³/mol. The zero-order chi connectivity index (χ0) is 14.5. The van der Waals surface area contributed by atoms with Crippen LogP contribution >= 0.6 is 0 Å². The summed E-state index contributed by atoms with van der Waals surface area (Å²) in [4.78, 5) is 14.7. The molecule has 1 aliphatic heterocycles. The maximum atomic E-state index is 12.4. The summed E-state index contributed by atoms with van der Waals surface area (Å²) in [5.74, 6) is 0.0448. The molecule has 2 rings (SSSR count). The number of benzene rings is 1. The minimum Gasteiger partial charge on any atom is -0.329 e. The van der Waals surface area contributed by atoms with Crippen molar-refractivity contribution in [2.75, 3.05) is 11.9 Å². The van der Waals surface area contributed by atoms with Gasteiger partial charge < -0.3 is 11.1 Å². The number of hydrogen-bond donors (Lipinski definition) is 2. The Morgan fingerprint density at radius 1 is 1.40 bits per heavy atom. The highest BCUT2D eigenvalue weighted by atomic mass is 16.2. The highest BCUT2D eigenvalue weighted by Gasteiger charge is 2.33. The standard InChI is InChI=1S/C16H25N3O/c1-12-7-6-10-15(11-17)19(12)13(2)16(20)18-14-8-4-3-5-9-14/h3-5,8-9,12-13,15H,6-7,10-11,17H2,1-2H3,(H,18,20). The molecule has 0 bridgehead atoms. The Bertz CT molecular complexity index is 435. The van der Waals surface area contributed by atoms with Gasteiger partial charge in [0.2, 0.25) is 5.91 Å². The molecule has 1 aliphatic rings. The SMILES string of the molecule is CC1CCCC(CN)N1C(C)C(=O)Nc1ccccc1. The van der Waals surface area contributed by atoms with Crippen molar-refractivity contribution in [3.05, 3.63) is 30.3 Å². The molecule has 3 atom stereocenters. The summed E-state index contributed by atoms with van der Waals surface area (Å²) in [6.45, 7) is 4.78. The van der Waals surface area contributed by atoms with Crippen molar-refractivity contribution >= 4 is 11.6 Å². The Kier molecular flexibility index (Phi) is 5.15. The smallest absolute Gasteiger partial charge is 0.241 e. The predicted octanol–water partition coefficient (Wildman–Crippen LogP) is 2.22. The first kappa shape index (κ1) is 15.0. The van der Waals surface area contributed by atoms with Gasteiger partial charge in [0.1, 0.15) is 0 Å². The molecule has 0 saturated carbocycles. The monoisotopic (exact) mass is 275 g/mol. The highest BCUT2D eigenvalue weighted by molar-refractivity contribution is 5.94. The van der Waals surface area contributed by atoms with Crippen LogP contribution in [-0.4, -0.2) is 35.5 Å². The van der Waals surface area contributed by atoms with Gasteiger partial charge in [0, 0.05) is 24.3 Å². The summed E-state index contributed by atoms with van der Waals surface area (Å²) >= 11 is 0. The topological polar surface area (TPSA) is 58.4 Å². The normalized spacial score (nSPS) is 25.1. The molecule has 3 unspecified atom stereocenters. The molecule has 0 aliphatic carbocycles. The number of rotatable bonds is 4. The number of nitrogens with one attached hydrogen (secondary N) is 1. The molecule has 0 spiro atoms. The van der Waals surface area contributed by atoms with Gasteiger partial charge in [-0.05, 0) is 38.8 Å². The van der Waals surface area contributed by atoms with Gasteiger partial charge in [0.25, 0.3) is 0 Å². The van der Waals surface area contributed by atoms with E-state index in [0.29, 0.717) is 18.6 Å². The van der Waals surface area contributed by atoms with E-state index >= 15 is 0 Å². The second kappa shape index (κ2) is 6.86. The lowest BCUT2D eigenvalue weighted by Gasteiger charge is -2.43. The lowest BCUT2D eigenvalue weighted by Crippen LogP contribution is -2.56. The van der Waals surface area contributed by atoms with Gasteiger partial charge >= 0.3 is 0 Å². The van der Waals surface area contributed by atoms with Crippen LogP contribution in [0.25, 0.3) is 0 Å². The van der Waals surface area contributed by atoms with Crippen LogP contribution in [0.5, 0.6) is 0 Å². The zero-order valence-corrected chi connectivity index (χ0v) is 12.4. The maximum Gasteiger partial charge on any atom is 0.241 e. The molecule has 0 radical (unpaired) electrons. The summed E-state index contributed by atoms with van der Waals surface area (Å²) in [5.41, 5.74) is 6.72. The summed E-state index contributed by atoms with van der Waals surface area (Å²) in [6.07, 6.45) is 3.43. The number of anilines is 1. The minimum absolute atomic E-state index is 0.0448. The Balaban J connectivity index is 2.04. The first-order chi connectivity index (χ1) is 9.63. The van der Waals surface area contributed by atoms with Crippen molar-refractivity contribution in [2.24, 2.45) is 5.73 Å². The quantitative estimate of drug-likeness (QED) is 0.886. The number of nitrogens with two attached hydrogens (primary N) is 1. The average molecular weight is 275 g/mol. The van der Waals surface area contributed by atoms with E-state index < -0.39 is 0 Å². The molecule has 1 aromatic rings. The molecular weight excluding hydrogens is 250 g/mol. The largest absolute Gasteiger partial charge is 0.329 e. The number of carbonyl (C=O) groups excluding carboxylic acids is 1. The van der Waals surface area contributed by atoms with Crippen LogP contribution in [0.4, 0.5) is 5.69 Å². The highest BCUT2D eigenvalue weighted by Crippen LogP contribution is 2.25. The van der Waals surface area contributed by atoms with E-state index in [9.17, 15) is 4.79 Å². The van der Waals surface area contributed by atoms with Crippen molar-refractivity contribution in [2.45, 2.75) is 51.2 Å². The Hall–Kier alpha value is -1.39. The summed E-state index contributed by atoms with van der Waals surface area (Å²) < 4.78 is 0. The van der Waals surface area contributed by atoms with Gasteiger partial charge in [0.15, 0.2) is 0 Å². The molecule has 1 fully saturated rings. The van der Waals surface area contributed by atoms with Gasteiger partial charge in [-0.1, -0.05) is 24.6 Å². The van der Waals surface area contributed by atoms with Crippen LogP contribution in [0.2, 0.25) is 0 Å². The number of amides is 1. The molecule has 20 heavy (non-hydrogen) atoms. The van der Waals surface area contributed by atoms with Gasteiger partial charge in [-0.3, -0.25) is 9.69 Å². The van der Waals surface area contributed by atoms with E-state index in [4.69, 9.17) is 5.73 Å². The lowest BCUT2D eigenvalue weighted by atomic mass is 9.94. The van der Waals surface area contributed by atoms with Crippen LogP contribution in [-0.2, 0) is 4.79 Å². The number of likely N-dealkylation sites (tertiary alicyclic amines) is 1. The van der Waals surface area contributed by atoms with E-state index in [2.05, 4.69) is 17.1 Å². The molecule has 1 heterocycles. The van der Waals surface area contributed by atoms with Crippen molar-refractivity contribution in [3.63, 3.8) is 0 Å². The molecule has 1 amide bonds. The van der Waals surface area contributed by atoms with Crippen molar-refractivity contribution in [1.82, 2.24) is 4.90 Å². The molecule has 4 nitrogen and oxygen atoms in total. The first-order valence-electron chi connectivity index (χ1n) is 7.47. The Morgan fingerprint density at radius 3 is 2.75 bits per heavy atom. The average Bonchev–Trinajstić information content (AvgIpc) is 2.47. The maximum absolute atomic E-state index is 12.4. The Morgan fingerprint density at radius 2 is 2.10 bits per heavy atom. The summed E-state index contributed by atoms with van der Waals surface area (Å²) in [6, 6.07) is 10.2. The second-order valence-electron chi connectivity index (χ2n) is 5.65. The molecule has 1 saturated heterocycles. The van der Waals surface area contributed by atoms with Crippen LogP contribution in [0.15, 0.2) is 30.3 Å². The molecule has 3 N–H and O–H groups in total. The number of carbonyl (C=O) groups is 1. The number of para-hydroxylation sites is 1. The van der Waals surface area contributed by atoms with E-state index in [1.54, 1.807) is 0 Å². The first-order valence-corrected chi connectivity index (χ1v) is 7.47. The third-order valence-electron chi connectivity index (χ3n) is 4.23. The fraction of sp³-hybridized carbons (Fsp3) is 0.562. The molecule has 0 aromatic heterocycles. The van der Waals surface area contributed by atoms with Crippen LogP contribution in [0, 0.1) is 0 Å². The van der Waals surface area contributed by atoms with Crippen LogP contribution in [0.1, 0.15) is 33.1 Å². The van der Waals surface area contributed by atoms with Crippen molar-refractivity contribution in [3.8, 4) is 0 Å². The number of piperidine rings is 1. The second-order valence-corrected chi connectivity index (χ2v) is 5.65. The van der Waals surface area contributed by atoms with Gasteiger partial charge in [-0.15, -0.1) is 0 Å². The van der Waals surface area contributed by atoms with Crippen molar-refractivity contribution < 1.29 is 4.79 Å². The zero-order valence-electron chi connectivity index (χ0n) is 12.4. The lowest BCUT2D eigenvalue weighted by molar-refractivity contribution is -0.123. The van der Waals surface area contributed by atoms with Gasteiger partial charge in [-0.25, -0.2) is 0 Å². The third kappa shape index (κ3) is 3.38. The fourth-order valence-electron chi connectivity index (χ4n) is 3.15. The fourth-order valence-corrected chi connectivity index (χ4v) is 3.15. The Labute approximate surface area is 121 Å². The third-order valence-corrected chi connectivity index (χ3v) is 4.23. The minimum atomic E-state index is -0.154. The molecular formula is C16H25N3O. The summed E-state index contributed by atoms with van der Waals surface area (Å²) in [7, 11) is 0. The van der Waals surface area contributed by atoms with Crippen LogP contribution < -0.4 is 11.1 Å².